The first kappa shape index (κ1) is 20.8. The van der Waals surface area contributed by atoms with E-state index < -0.39 is 21.2 Å². The summed E-state index contributed by atoms with van der Waals surface area (Å²) in [5.41, 5.74) is 6.47. The number of sulfonamides is 1. The highest BCUT2D eigenvalue weighted by Gasteiger charge is 2.28. The van der Waals surface area contributed by atoms with E-state index in [1.807, 2.05) is 18.2 Å². The fourth-order valence-electron chi connectivity index (χ4n) is 2.95. The third-order valence-corrected chi connectivity index (χ3v) is 7.58. The fraction of sp³-hybridized carbons (Fsp3) is 0.368. The maximum absolute atomic E-state index is 12.9. The molecule has 1 aromatic carbocycles. The van der Waals surface area contributed by atoms with Gasteiger partial charge in [0, 0.05) is 38.9 Å². The van der Waals surface area contributed by atoms with Crippen LogP contribution in [0.15, 0.2) is 58.6 Å². The summed E-state index contributed by atoms with van der Waals surface area (Å²) in [7, 11) is -3.58. The molecular formula is C19H24N4O3S2. The Labute approximate surface area is 170 Å². The molecule has 0 radical (unpaired) electrons. The topological polar surface area (TPSA) is 96.6 Å². The summed E-state index contributed by atoms with van der Waals surface area (Å²) < 4.78 is 27.3. The Morgan fingerprint density at radius 3 is 2.39 bits per heavy atom. The lowest BCUT2D eigenvalue weighted by Gasteiger charge is -2.33. The summed E-state index contributed by atoms with van der Waals surface area (Å²) in [6.07, 6.45) is 1.35. The Morgan fingerprint density at radius 1 is 1.14 bits per heavy atom. The lowest BCUT2D eigenvalue weighted by Crippen LogP contribution is -2.48. The number of amides is 1. The van der Waals surface area contributed by atoms with Crippen molar-refractivity contribution in [2.24, 2.45) is 5.73 Å². The first-order valence-corrected chi connectivity index (χ1v) is 11.4. The van der Waals surface area contributed by atoms with Crippen LogP contribution in [0.25, 0.3) is 0 Å². The van der Waals surface area contributed by atoms with Gasteiger partial charge in [0.2, 0.25) is 15.9 Å². The number of carbonyl (C=O) groups is 1. The van der Waals surface area contributed by atoms with E-state index in [9.17, 15) is 13.2 Å². The SMILES string of the molecule is C[C@H](Sc1ccc(S(=O)(=O)N2CCN(Cc3ccccc3)CC2)cn1)C(N)=O. The Hall–Kier alpha value is -1.94. The fourth-order valence-corrected chi connectivity index (χ4v) is 5.05. The highest BCUT2D eigenvalue weighted by Crippen LogP contribution is 2.23. The first-order chi connectivity index (χ1) is 13.4. The van der Waals surface area contributed by atoms with E-state index in [0.717, 1.165) is 6.54 Å². The number of thioether (sulfide) groups is 1. The Balaban J connectivity index is 1.60. The van der Waals surface area contributed by atoms with Gasteiger partial charge in [-0.05, 0) is 24.6 Å². The highest BCUT2D eigenvalue weighted by atomic mass is 32.2. The molecule has 0 unspecified atom stereocenters. The lowest BCUT2D eigenvalue weighted by molar-refractivity contribution is -0.117. The molecule has 1 saturated heterocycles. The van der Waals surface area contributed by atoms with E-state index in [1.54, 1.807) is 13.0 Å². The van der Waals surface area contributed by atoms with Gasteiger partial charge < -0.3 is 5.73 Å². The van der Waals surface area contributed by atoms with Crippen molar-refractivity contribution < 1.29 is 13.2 Å². The summed E-state index contributed by atoms with van der Waals surface area (Å²) in [6, 6.07) is 13.3. The van der Waals surface area contributed by atoms with Crippen molar-refractivity contribution in [3.63, 3.8) is 0 Å². The molecule has 7 nitrogen and oxygen atoms in total. The molecule has 2 N–H and O–H groups in total. The smallest absolute Gasteiger partial charge is 0.244 e. The molecule has 1 aromatic heterocycles. The van der Waals surface area contributed by atoms with Gasteiger partial charge in [-0.3, -0.25) is 9.69 Å². The predicted octanol–water partition coefficient (Wildman–Crippen LogP) is 1.55. The molecule has 2 aromatic rings. The van der Waals surface area contributed by atoms with E-state index in [-0.39, 0.29) is 4.90 Å². The molecule has 3 rings (SSSR count). The lowest BCUT2D eigenvalue weighted by atomic mass is 10.2. The zero-order valence-electron chi connectivity index (χ0n) is 15.7. The third-order valence-electron chi connectivity index (χ3n) is 4.63. The van der Waals surface area contributed by atoms with Crippen LogP contribution in [0, 0.1) is 0 Å². The van der Waals surface area contributed by atoms with Crippen LogP contribution >= 0.6 is 11.8 Å². The van der Waals surface area contributed by atoms with Crippen molar-refractivity contribution in [1.29, 1.82) is 0 Å². The zero-order chi connectivity index (χ0) is 20.1. The second-order valence-corrected chi connectivity index (χ2v) is 9.96. The molecule has 0 bridgehead atoms. The minimum absolute atomic E-state index is 0.167. The number of benzene rings is 1. The van der Waals surface area contributed by atoms with E-state index >= 15 is 0 Å². The Morgan fingerprint density at radius 2 is 1.82 bits per heavy atom. The van der Waals surface area contributed by atoms with Gasteiger partial charge in [0.05, 0.1) is 10.3 Å². The quantitative estimate of drug-likeness (QED) is 0.683. The molecule has 2 heterocycles. The summed E-state index contributed by atoms with van der Waals surface area (Å²) in [6.45, 7) is 4.78. The number of nitrogens with zero attached hydrogens (tertiary/aromatic N) is 3. The molecule has 0 saturated carbocycles. The molecule has 1 atom stereocenters. The van der Waals surface area contributed by atoms with E-state index in [0.29, 0.717) is 31.2 Å². The van der Waals surface area contributed by atoms with Crippen molar-refractivity contribution in [2.75, 3.05) is 26.2 Å². The normalized spacial score (nSPS) is 17.3. The van der Waals surface area contributed by atoms with Gasteiger partial charge in [-0.25, -0.2) is 13.4 Å². The minimum Gasteiger partial charge on any atom is -0.369 e. The summed E-state index contributed by atoms with van der Waals surface area (Å²) in [5.74, 6) is -0.433. The standard InChI is InChI=1S/C19H24N4O3S2/c1-15(19(20)24)27-18-8-7-17(13-21-18)28(25,26)23-11-9-22(10-12-23)14-16-5-3-2-4-6-16/h2-8,13,15H,9-12,14H2,1H3,(H2,20,24)/t15-/m0/s1. The summed E-state index contributed by atoms with van der Waals surface area (Å²) in [5, 5.41) is 0.144. The monoisotopic (exact) mass is 420 g/mol. The average molecular weight is 421 g/mol. The van der Waals surface area contributed by atoms with Crippen LogP contribution in [0.4, 0.5) is 0 Å². The molecular weight excluding hydrogens is 396 g/mol. The molecule has 0 spiro atoms. The van der Waals surface area contributed by atoms with Crippen molar-refractivity contribution in [2.45, 2.75) is 28.6 Å². The Bertz CT molecular complexity index is 897. The average Bonchev–Trinajstić information content (AvgIpc) is 2.69. The number of piperazine rings is 1. The van der Waals surface area contributed by atoms with Crippen molar-refractivity contribution in [3.8, 4) is 0 Å². The van der Waals surface area contributed by atoms with Gasteiger partial charge in [-0.1, -0.05) is 42.1 Å². The van der Waals surface area contributed by atoms with Gasteiger partial charge >= 0.3 is 0 Å². The summed E-state index contributed by atoms with van der Waals surface area (Å²) >= 11 is 1.21. The van der Waals surface area contributed by atoms with Gasteiger partial charge in [0.25, 0.3) is 0 Å². The molecule has 28 heavy (non-hydrogen) atoms. The molecule has 1 aliphatic rings. The van der Waals surface area contributed by atoms with E-state index in [4.69, 9.17) is 5.73 Å². The van der Waals surface area contributed by atoms with Crippen LogP contribution in [-0.4, -0.2) is 59.9 Å². The van der Waals surface area contributed by atoms with Crippen molar-refractivity contribution in [3.05, 3.63) is 54.2 Å². The van der Waals surface area contributed by atoms with Gasteiger partial charge in [0.15, 0.2) is 0 Å². The summed E-state index contributed by atoms with van der Waals surface area (Å²) in [4.78, 5) is 17.7. The maximum Gasteiger partial charge on any atom is 0.244 e. The van der Waals surface area contributed by atoms with Crippen LogP contribution in [0.3, 0.4) is 0 Å². The van der Waals surface area contributed by atoms with Gasteiger partial charge in [-0.2, -0.15) is 4.31 Å². The van der Waals surface area contributed by atoms with Gasteiger partial charge in [-0.15, -0.1) is 0 Å². The molecule has 150 valence electrons. The molecule has 9 heteroatoms. The zero-order valence-corrected chi connectivity index (χ0v) is 17.3. The molecule has 1 fully saturated rings. The second kappa shape index (κ2) is 9.04. The number of hydrogen-bond acceptors (Lipinski definition) is 6. The van der Waals surface area contributed by atoms with Crippen LogP contribution in [-0.2, 0) is 21.4 Å². The number of rotatable bonds is 7. The van der Waals surface area contributed by atoms with Crippen LogP contribution in [0.5, 0.6) is 0 Å². The molecule has 1 amide bonds. The van der Waals surface area contributed by atoms with Crippen molar-refractivity contribution in [1.82, 2.24) is 14.2 Å². The van der Waals surface area contributed by atoms with Crippen molar-refractivity contribution >= 4 is 27.7 Å². The van der Waals surface area contributed by atoms with Crippen LogP contribution < -0.4 is 5.73 Å². The number of hydrogen-bond donors (Lipinski definition) is 1. The number of carbonyl (C=O) groups excluding carboxylic acids is 1. The highest BCUT2D eigenvalue weighted by molar-refractivity contribution is 8.00. The number of primary amides is 1. The predicted molar refractivity (Wildman–Crippen MR) is 109 cm³/mol. The third kappa shape index (κ3) is 5.11. The number of nitrogens with two attached hydrogens (primary N) is 1. The number of pyridine rings is 1. The molecule has 0 aliphatic carbocycles. The van der Waals surface area contributed by atoms with Crippen LogP contribution in [0.2, 0.25) is 0 Å². The minimum atomic E-state index is -3.58. The van der Waals surface area contributed by atoms with Crippen LogP contribution in [0.1, 0.15) is 12.5 Å². The largest absolute Gasteiger partial charge is 0.369 e. The second-order valence-electron chi connectivity index (χ2n) is 6.66. The van der Waals surface area contributed by atoms with Gasteiger partial charge in [0.1, 0.15) is 4.90 Å². The molecule has 1 aliphatic heterocycles. The maximum atomic E-state index is 12.9. The Kier molecular flexibility index (Phi) is 6.71. The first-order valence-electron chi connectivity index (χ1n) is 9.05. The van der Waals surface area contributed by atoms with E-state index in [2.05, 4.69) is 22.0 Å². The van der Waals surface area contributed by atoms with E-state index in [1.165, 1.54) is 33.9 Å². The number of aromatic nitrogens is 1.